The van der Waals surface area contributed by atoms with Gasteiger partial charge in [-0.25, -0.2) is 0 Å². The van der Waals surface area contributed by atoms with Crippen molar-refractivity contribution in [1.82, 2.24) is 0 Å². The molecule has 1 aromatic rings. The summed E-state index contributed by atoms with van der Waals surface area (Å²) in [6.07, 6.45) is 6.24. The highest BCUT2D eigenvalue weighted by Gasteiger charge is 2.24. The van der Waals surface area contributed by atoms with Crippen molar-refractivity contribution in [3.05, 3.63) is 35.4 Å². The monoisotopic (exact) mass is 247 g/mol. The van der Waals surface area contributed by atoms with E-state index in [1.165, 1.54) is 36.8 Å². The van der Waals surface area contributed by atoms with Crippen LogP contribution in [0.1, 0.15) is 64.0 Å². The van der Waals surface area contributed by atoms with Crippen LogP contribution in [0.5, 0.6) is 0 Å². The smallest absolute Gasteiger partial charge is 0.0383 e. The summed E-state index contributed by atoms with van der Waals surface area (Å²) in [6, 6.07) is 8.69. The second-order valence-corrected chi connectivity index (χ2v) is 5.90. The number of aryl methyl sites for hydroxylation is 1. The molecule has 0 aromatic heterocycles. The van der Waals surface area contributed by atoms with E-state index < -0.39 is 0 Å². The van der Waals surface area contributed by atoms with Gasteiger partial charge < -0.3 is 5.73 Å². The summed E-state index contributed by atoms with van der Waals surface area (Å²) >= 11 is 0. The van der Waals surface area contributed by atoms with E-state index in [1.807, 2.05) is 0 Å². The van der Waals surface area contributed by atoms with Crippen molar-refractivity contribution in [2.24, 2.45) is 11.7 Å². The number of rotatable bonds is 7. The molecule has 0 radical (unpaired) electrons. The Morgan fingerprint density at radius 1 is 1.17 bits per heavy atom. The highest BCUT2D eigenvalue weighted by atomic mass is 14.7. The van der Waals surface area contributed by atoms with Crippen LogP contribution in [0.25, 0.3) is 0 Å². The second-order valence-electron chi connectivity index (χ2n) is 5.90. The summed E-state index contributed by atoms with van der Waals surface area (Å²) in [4.78, 5) is 0. The average Bonchev–Trinajstić information content (AvgIpc) is 2.35. The van der Waals surface area contributed by atoms with Crippen molar-refractivity contribution < 1.29 is 0 Å². The lowest BCUT2D eigenvalue weighted by Gasteiger charge is -2.30. The minimum Gasteiger partial charge on any atom is -0.322 e. The fourth-order valence-corrected chi connectivity index (χ4v) is 2.60. The Balaban J connectivity index is 2.69. The van der Waals surface area contributed by atoms with Gasteiger partial charge in [-0.2, -0.15) is 0 Å². The van der Waals surface area contributed by atoms with E-state index in [0.29, 0.717) is 0 Å². The van der Waals surface area contributed by atoms with Crippen molar-refractivity contribution in [3.8, 4) is 0 Å². The lowest BCUT2D eigenvalue weighted by molar-refractivity contribution is 0.315. The number of benzene rings is 1. The topological polar surface area (TPSA) is 26.0 Å². The molecular weight excluding hydrogens is 218 g/mol. The zero-order chi connectivity index (χ0) is 13.6. The predicted octanol–water partition coefficient (Wildman–Crippen LogP) is 4.78. The van der Waals surface area contributed by atoms with E-state index >= 15 is 0 Å². The van der Waals surface area contributed by atoms with Crippen LogP contribution < -0.4 is 5.73 Å². The van der Waals surface area contributed by atoms with Crippen molar-refractivity contribution in [2.75, 3.05) is 0 Å². The molecule has 0 aliphatic rings. The molecule has 2 atom stereocenters. The fourth-order valence-electron chi connectivity index (χ4n) is 2.60. The first kappa shape index (κ1) is 15.2. The zero-order valence-electron chi connectivity index (χ0n) is 12.5. The second kappa shape index (κ2) is 6.94. The van der Waals surface area contributed by atoms with E-state index in [9.17, 15) is 0 Å². The van der Waals surface area contributed by atoms with Gasteiger partial charge in [0.1, 0.15) is 0 Å². The van der Waals surface area contributed by atoms with E-state index in [-0.39, 0.29) is 5.54 Å². The van der Waals surface area contributed by atoms with Gasteiger partial charge in [-0.15, -0.1) is 0 Å². The van der Waals surface area contributed by atoms with Gasteiger partial charge in [0.05, 0.1) is 0 Å². The van der Waals surface area contributed by atoms with Crippen molar-refractivity contribution in [2.45, 2.75) is 65.3 Å². The largest absolute Gasteiger partial charge is 0.322 e. The molecule has 1 rings (SSSR count). The molecule has 1 heteroatoms. The molecule has 0 spiro atoms. The lowest BCUT2D eigenvalue weighted by atomic mass is 9.81. The molecule has 0 bridgehead atoms. The van der Waals surface area contributed by atoms with E-state index in [0.717, 1.165) is 12.3 Å². The maximum atomic E-state index is 6.54. The van der Waals surface area contributed by atoms with Gasteiger partial charge in [-0.05, 0) is 31.7 Å². The predicted molar refractivity (Wildman–Crippen MR) is 80.6 cm³/mol. The molecule has 0 amide bonds. The summed E-state index contributed by atoms with van der Waals surface area (Å²) in [5.41, 5.74) is 8.91. The Bertz CT molecular complexity index is 337. The molecule has 0 aliphatic heterocycles. The van der Waals surface area contributed by atoms with Crippen molar-refractivity contribution >= 4 is 0 Å². The highest BCUT2D eigenvalue weighted by molar-refractivity contribution is 5.27. The molecule has 2 unspecified atom stereocenters. The standard InChI is InChI=1S/C17H29N/c1-5-7-8-15(6-2)13-17(4,18)16-11-9-14(3)10-12-16/h9-12,15H,5-8,13,18H2,1-4H3. The summed E-state index contributed by atoms with van der Waals surface area (Å²) in [5, 5.41) is 0. The first-order chi connectivity index (χ1) is 8.49. The molecule has 18 heavy (non-hydrogen) atoms. The Morgan fingerprint density at radius 2 is 1.78 bits per heavy atom. The summed E-state index contributed by atoms with van der Waals surface area (Å²) in [7, 11) is 0. The maximum absolute atomic E-state index is 6.54. The SMILES string of the molecule is CCCCC(CC)CC(C)(N)c1ccc(C)cc1. The Labute approximate surface area is 113 Å². The average molecular weight is 247 g/mol. The van der Waals surface area contributed by atoms with Crippen LogP contribution in [0.15, 0.2) is 24.3 Å². The third-order valence-electron chi connectivity index (χ3n) is 3.97. The molecule has 1 nitrogen and oxygen atoms in total. The summed E-state index contributed by atoms with van der Waals surface area (Å²) in [6.45, 7) is 8.83. The quantitative estimate of drug-likeness (QED) is 0.737. The molecular formula is C17H29N. The summed E-state index contributed by atoms with van der Waals surface area (Å²) < 4.78 is 0. The zero-order valence-corrected chi connectivity index (χ0v) is 12.5. The van der Waals surface area contributed by atoms with Gasteiger partial charge in [0.15, 0.2) is 0 Å². The molecule has 0 aliphatic carbocycles. The molecule has 0 saturated heterocycles. The lowest BCUT2D eigenvalue weighted by Crippen LogP contribution is -2.35. The molecule has 1 aromatic carbocycles. The van der Waals surface area contributed by atoms with E-state index in [4.69, 9.17) is 5.73 Å². The number of hydrogen-bond donors (Lipinski definition) is 1. The van der Waals surface area contributed by atoms with Gasteiger partial charge >= 0.3 is 0 Å². The Hall–Kier alpha value is -0.820. The summed E-state index contributed by atoms with van der Waals surface area (Å²) in [5.74, 6) is 0.751. The van der Waals surface area contributed by atoms with Crippen LogP contribution in [0.2, 0.25) is 0 Å². The van der Waals surface area contributed by atoms with Crippen LogP contribution in [0.3, 0.4) is 0 Å². The Morgan fingerprint density at radius 3 is 2.28 bits per heavy atom. The normalized spacial score (nSPS) is 16.3. The minimum atomic E-state index is -0.192. The van der Waals surface area contributed by atoms with Crippen LogP contribution in [-0.2, 0) is 5.54 Å². The fraction of sp³-hybridized carbons (Fsp3) is 0.647. The number of unbranched alkanes of at least 4 members (excludes halogenated alkanes) is 1. The van der Waals surface area contributed by atoms with Gasteiger partial charge in [0, 0.05) is 5.54 Å². The third-order valence-corrected chi connectivity index (χ3v) is 3.97. The van der Waals surface area contributed by atoms with Gasteiger partial charge in [-0.1, -0.05) is 69.4 Å². The van der Waals surface area contributed by atoms with Crippen LogP contribution >= 0.6 is 0 Å². The molecule has 0 saturated carbocycles. The molecule has 2 N–H and O–H groups in total. The highest BCUT2D eigenvalue weighted by Crippen LogP contribution is 2.30. The first-order valence-corrected chi connectivity index (χ1v) is 7.35. The minimum absolute atomic E-state index is 0.192. The molecule has 102 valence electrons. The number of nitrogens with two attached hydrogens (primary N) is 1. The maximum Gasteiger partial charge on any atom is 0.0383 e. The van der Waals surface area contributed by atoms with Crippen molar-refractivity contribution in [1.29, 1.82) is 0 Å². The third kappa shape index (κ3) is 4.45. The van der Waals surface area contributed by atoms with Gasteiger partial charge in [0.25, 0.3) is 0 Å². The van der Waals surface area contributed by atoms with Crippen LogP contribution in [0, 0.1) is 12.8 Å². The first-order valence-electron chi connectivity index (χ1n) is 7.35. The van der Waals surface area contributed by atoms with Gasteiger partial charge in [0.2, 0.25) is 0 Å². The van der Waals surface area contributed by atoms with Gasteiger partial charge in [-0.3, -0.25) is 0 Å². The number of hydrogen-bond acceptors (Lipinski definition) is 1. The molecule has 0 fully saturated rings. The molecule has 0 heterocycles. The van der Waals surface area contributed by atoms with Crippen LogP contribution in [-0.4, -0.2) is 0 Å². The Kier molecular flexibility index (Phi) is 5.87. The van der Waals surface area contributed by atoms with E-state index in [2.05, 4.69) is 52.0 Å². The van der Waals surface area contributed by atoms with Crippen LogP contribution in [0.4, 0.5) is 0 Å². The van der Waals surface area contributed by atoms with E-state index in [1.54, 1.807) is 0 Å². The van der Waals surface area contributed by atoms with Crippen molar-refractivity contribution in [3.63, 3.8) is 0 Å².